The topological polar surface area (TPSA) is 110 Å². The smallest absolute Gasteiger partial charge is 0.305 e. The van der Waals surface area contributed by atoms with Crippen LogP contribution in [0.15, 0.2) is 47.4 Å². The van der Waals surface area contributed by atoms with Crippen molar-refractivity contribution in [1.82, 2.24) is 4.72 Å². The van der Waals surface area contributed by atoms with Crippen LogP contribution >= 0.6 is 0 Å². The molecule has 0 amide bonds. The molecular formula is C20H23NO6S. The highest BCUT2D eigenvalue weighted by Gasteiger charge is 2.26. The number of sulfonamides is 1. The number of ether oxygens (including phenoxy) is 1. The molecule has 0 aliphatic rings. The molecule has 8 heteroatoms. The summed E-state index contributed by atoms with van der Waals surface area (Å²) in [5, 5.41) is 8.82. The standard InChI is InChI=1S/C20H23NO6S/c1-13(2)15-7-9-17(10-8-15)27-20-14(3)5-4-6-18(20)28(25,26)21-16(12-22)11-19(23)24/h4-10,12-13,16,21H,11H2,1-3H3,(H,23,24). The van der Waals surface area contributed by atoms with E-state index in [4.69, 9.17) is 9.84 Å². The van der Waals surface area contributed by atoms with Gasteiger partial charge in [-0.2, -0.15) is 0 Å². The number of carbonyl (C=O) groups is 2. The molecule has 2 aromatic carbocycles. The minimum Gasteiger partial charge on any atom is -0.481 e. The van der Waals surface area contributed by atoms with E-state index < -0.39 is 28.5 Å². The van der Waals surface area contributed by atoms with Crippen molar-refractivity contribution in [2.75, 3.05) is 0 Å². The van der Waals surface area contributed by atoms with E-state index in [1.165, 1.54) is 6.07 Å². The van der Waals surface area contributed by atoms with Crippen molar-refractivity contribution >= 4 is 22.3 Å². The van der Waals surface area contributed by atoms with Crippen LogP contribution in [0.3, 0.4) is 0 Å². The molecule has 0 bridgehead atoms. The zero-order valence-corrected chi connectivity index (χ0v) is 16.7. The number of nitrogens with one attached hydrogen (secondary N) is 1. The normalized spacial score (nSPS) is 12.6. The Morgan fingerprint density at radius 1 is 1.18 bits per heavy atom. The van der Waals surface area contributed by atoms with Crippen molar-refractivity contribution in [2.24, 2.45) is 0 Å². The Bertz CT molecular complexity index is 951. The lowest BCUT2D eigenvalue weighted by atomic mass is 10.0. The Kier molecular flexibility index (Phi) is 6.93. The van der Waals surface area contributed by atoms with Gasteiger partial charge in [0, 0.05) is 0 Å². The number of para-hydroxylation sites is 1. The first-order valence-corrected chi connectivity index (χ1v) is 10.2. The second-order valence-electron chi connectivity index (χ2n) is 6.69. The van der Waals surface area contributed by atoms with Crippen LogP contribution in [0.5, 0.6) is 11.5 Å². The molecule has 0 spiro atoms. The molecule has 1 unspecified atom stereocenters. The minimum atomic E-state index is -4.18. The molecule has 0 saturated heterocycles. The average molecular weight is 405 g/mol. The summed E-state index contributed by atoms with van der Waals surface area (Å²) in [4.78, 5) is 21.7. The SMILES string of the molecule is Cc1cccc(S(=O)(=O)NC(C=O)CC(=O)O)c1Oc1ccc(C(C)C)cc1. The van der Waals surface area contributed by atoms with E-state index in [0.717, 1.165) is 5.56 Å². The van der Waals surface area contributed by atoms with E-state index in [-0.39, 0.29) is 16.9 Å². The largest absolute Gasteiger partial charge is 0.481 e. The van der Waals surface area contributed by atoms with Crippen molar-refractivity contribution in [1.29, 1.82) is 0 Å². The molecule has 2 rings (SSSR count). The summed E-state index contributed by atoms with van der Waals surface area (Å²) < 4.78 is 33.4. The molecular weight excluding hydrogens is 382 g/mol. The van der Waals surface area contributed by atoms with Crippen molar-refractivity contribution in [3.8, 4) is 11.5 Å². The van der Waals surface area contributed by atoms with Crippen LogP contribution in [0, 0.1) is 6.92 Å². The van der Waals surface area contributed by atoms with Crippen LogP contribution in [0.1, 0.15) is 37.3 Å². The Balaban J connectivity index is 2.37. The van der Waals surface area contributed by atoms with E-state index in [0.29, 0.717) is 17.2 Å². The number of rotatable bonds is 9. The lowest BCUT2D eigenvalue weighted by Gasteiger charge is -2.17. The van der Waals surface area contributed by atoms with Gasteiger partial charge in [-0.25, -0.2) is 13.1 Å². The van der Waals surface area contributed by atoms with Crippen LogP contribution in [-0.4, -0.2) is 31.8 Å². The summed E-state index contributed by atoms with van der Waals surface area (Å²) in [5.41, 5.74) is 1.70. The second kappa shape index (κ2) is 8.99. The van der Waals surface area contributed by atoms with Gasteiger partial charge < -0.3 is 14.6 Å². The number of carboxylic acid groups (broad SMARTS) is 1. The lowest BCUT2D eigenvalue weighted by molar-refractivity contribution is -0.138. The van der Waals surface area contributed by atoms with Gasteiger partial charge in [-0.3, -0.25) is 4.79 Å². The summed E-state index contributed by atoms with van der Waals surface area (Å²) in [6.45, 7) is 5.83. The van der Waals surface area contributed by atoms with Crippen molar-refractivity contribution in [3.05, 3.63) is 53.6 Å². The zero-order valence-electron chi connectivity index (χ0n) is 15.9. The Hall–Kier alpha value is -2.71. The van der Waals surface area contributed by atoms with Gasteiger partial charge in [-0.1, -0.05) is 38.1 Å². The molecule has 28 heavy (non-hydrogen) atoms. The number of aryl methyl sites for hydroxylation is 1. The quantitative estimate of drug-likeness (QED) is 0.620. The zero-order chi connectivity index (χ0) is 20.9. The molecule has 2 N–H and O–H groups in total. The summed E-state index contributed by atoms with van der Waals surface area (Å²) in [7, 11) is -4.18. The van der Waals surface area contributed by atoms with E-state index in [1.807, 2.05) is 12.1 Å². The van der Waals surface area contributed by atoms with Crippen LogP contribution in [-0.2, 0) is 19.6 Å². The maximum Gasteiger partial charge on any atom is 0.305 e. The highest BCUT2D eigenvalue weighted by Crippen LogP contribution is 2.32. The van der Waals surface area contributed by atoms with Gasteiger partial charge in [0.2, 0.25) is 10.0 Å². The Morgan fingerprint density at radius 3 is 2.36 bits per heavy atom. The summed E-state index contributed by atoms with van der Waals surface area (Å²) >= 11 is 0. The monoisotopic (exact) mass is 405 g/mol. The third-order valence-corrected chi connectivity index (χ3v) is 5.61. The van der Waals surface area contributed by atoms with E-state index in [1.54, 1.807) is 31.2 Å². The van der Waals surface area contributed by atoms with E-state index in [2.05, 4.69) is 18.6 Å². The van der Waals surface area contributed by atoms with Crippen LogP contribution in [0.4, 0.5) is 0 Å². The Morgan fingerprint density at radius 2 is 1.82 bits per heavy atom. The number of hydrogen-bond donors (Lipinski definition) is 2. The first-order chi connectivity index (χ1) is 13.1. The van der Waals surface area contributed by atoms with Gasteiger partial charge >= 0.3 is 5.97 Å². The maximum atomic E-state index is 12.7. The highest BCUT2D eigenvalue weighted by atomic mass is 32.2. The molecule has 1 atom stereocenters. The number of aldehydes is 1. The van der Waals surface area contributed by atoms with Gasteiger partial charge in [0.1, 0.15) is 22.7 Å². The van der Waals surface area contributed by atoms with Gasteiger partial charge in [-0.15, -0.1) is 0 Å². The predicted octanol–water partition coefficient (Wildman–Crippen LogP) is 3.23. The fourth-order valence-electron chi connectivity index (χ4n) is 2.58. The summed E-state index contributed by atoms with van der Waals surface area (Å²) in [6.07, 6.45) is -0.395. The second-order valence-corrected chi connectivity index (χ2v) is 8.37. The third kappa shape index (κ3) is 5.40. The molecule has 0 aromatic heterocycles. The van der Waals surface area contributed by atoms with Crippen LogP contribution in [0.2, 0.25) is 0 Å². The van der Waals surface area contributed by atoms with Crippen LogP contribution < -0.4 is 9.46 Å². The molecule has 0 heterocycles. The minimum absolute atomic E-state index is 0.118. The van der Waals surface area contributed by atoms with Crippen molar-refractivity contribution in [2.45, 2.75) is 44.0 Å². The predicted molar refractivity (Wildman–Crippen MR) is 104 cm³/mol. The van der Waals surface area contributed by atoms with Gasteiger partial charge in [0.05, 0.1) is 12.5 Å². The Labute approximate surface area is 164 Å². The van der Waals surface area contributed by atoms with E-state index in [9.17, 15) is 18.0 Å². The van der Waals surface area contributed by atoms with Crippen LogP contribution in [0.25, 0.3) is 0 Å². The fourth-order valence-corrected chi connectivity index (χ4v) is 3.94. The number of hydrogen-bond acceptors (Lipinski definition) is 5. The first kappa shape index (κ1) is 21.6. The molecule has 0 aliphatic heterocycles. The molecule has 0 radical (unpaired) electrons. The molecule has 2 aromatic rings. The highest BCUT2D eigenvalue weighted by molar-refractivity contribution is 7.89. The number of aliphatic carboxylic acids is 1. The fraction of sp³-hybridized carbons (Fsp3) is 0.300. The number of carboxylic acids is 1. The molecule has 0 aliphatic carbocycles. The summed E-state index contributed by atoms with van der Waals surface area (Å²) in [6, 6.07) is 10.5. The number of benzene rings is 2. The van der Waals surface area contributed by atoms with Gasteiger partial charge in [0.15, 0.2) is 0 Å². The molecule has 7 nitrogen and oxygen atoms in total. The van der Waals surface area contributed by atoms with Crippen molar-refractivity contribution < 1.29 is 27.9 Å². The maximum absolute atomic E-state index is 12.7. The summed E-state index contributed by atoms with van der Waals surface area (Å²) in [5.74, 6) is -0.354. The third-order valence-electron chi connectivity index (χ3n) is 4.10. The molecule has 0 saturated carbocycles. The lowest BCUT2D eigenvalue weighted by Crippen LogP contribution is -2.37. The van der Waals surface area contributed by atoms with Gasteiger partial charge in [-0.05, 0) is 42.2 Å². The first-order valence-electron chi connectivity index (χ1n) is 8.71. The van der Waals surface area contributed by atoms with E-state index >= 15 is 0 Å². The van der Waals surface area contributed by atoms with Crippen molar-refractivity contribution in [3.63, 3.8) is 0 Å². The molecule has 0 fully saturated rings. The number of carbonyl (C=O) groups excluding carboxylic acids is 1. The van der Waals surface area contributed by atoms with Gasteiger partial charge in [0.25, 0.3) is 0 Å². The average Bonchev–Trinajstić information content (AvgIpc) is 2.62. The molecule has 150 valence electrons.